The van der Waals surface area contributed by atoms with Gasteiger partial charge in [0.2, 0.25) is 0 Å². The summed E-state index contributed by atoms with van der Waals surface area (Å²) in [5.41, 5.74) is 2.82. The highest BCUT2D eigenvalue weighted by atomic mass is 16.5. The maximum atomic E-state index is 5.44. The van der Waals surface area contributed by atoms with Crippen molar-refractivity contribution in [2.24, 2.45) is 0 Å². The summed E-state index contributed by atoms with van der Waals surface area (Å²) in [4.78, 5) is 2.50. The number of aryl methyl sites for hydroxylation is 1. The molecule has 0 aromatic heterocycles. The lowest BCUT2D eigenvalue weighted by Crippen LogP contribution is -2.33. The molecule has 1 aromatic rings. The lowest BCUT2D eigenvalue weighted by atomic mass is 10.0. The number of hydrogen-bond acceptors (Lipinski definition) is 3. The number of hydrogen-bond donors (Lipinski definition) is 1. The van der Waals surface area contributed by atoms with E-state index < -0.39 is 0 Å². The van der Waals surface area contributed by atoms with Gasteiger partial charge in [-0.2, -0.15) is 0 Å². The predicted molar refractivity (Wildman–Crippen MR) is 84.1 cm³/mol. The van der Waals surface area contributed by atoms with Gasteiger partial charge in [0, 0.05) is 32.8 Å². The summed E-state index contributed by atoms with van der Waals surface area (Å²) in [5.74, 6) is 0. The Morgan fingerprint density at radius 3 is 2.65 bits per heavy atom. The van der Waals surface area contributed by atoms with Crippen LogP contribution in [0.25, 0.3) is 0 Å². The average Bonchev–Trinajstić information content (AvgIpc) is 2.94. The summed E-state index contributed by atoms with van der Waals surface area (Å²) in [6.45, 7) is 5.49. The van der Waals surface area contributed by atoms with Crippen LogP contribution in [0.3, 0.4) is 0 Å². The number of likely N-dealkylation sites (N-methyl/N-ethyl adjacent to an activating group) is 1. The zero-order valence-corrected chi connectivity index (χ0v) is 13.1. The smallest absolute Gasteiger partial charge is 0.0710 e. The van der Waals surface area contributed by atoms with Crippen molar-refractivity contribution >= 4 is 0 Å². The average molecular weight is 276 g/mol. The van der Waals surface area contributed by atoms with Gasteiger partial charge < -0.3 is 10.1 Å². The third-order valence-electron chi connectivity index (χ3n) is 4.27. The third-order valence-corrected chi connectivity index (χ3v) is 4.27. The van der Waals surface area contributed by atoms with Crippen LogP contribution >= 0.6 is 0 Å². The standard InChI is InChI=1S/C17H28N2O/c1-4-5-14-6-8-15(9-7-14)17(18-2)13-19-11-10-16(12-19)20-3/h6-9,16-18H,4-5,10-13H2,1-3H3. The van der Waals surface area contributed by atoms with Gasteiger partial charge in [-0.1, -0.05) is 37.6 Å². The van der Waals surface area contributed by atoms with E-state index in [-0.39, 0.29) is 0 Å². The maximum absolute atomic E-state index is 5.44. The third kappa shape index (κ3) is 4.05. The largest absolute Gasteiger partial charge is 0.380 e. The van der Waals surface area contributed by atoms with Crippen LogP contribution < -0.4 is 5.32 Å². The second-order valence-electron chi connectivity index (χ2n) is 5.74. The summed E-state index contributed by atoms with van der Waals surface area (Å²) < 4.78 is 5.44. The molecule has 3 nitrogen and oxygen atoms in total. The molecule has 2 rings (SSSR count). The van der Waals surface area contributed by atoms with Gasteiger partial charge in [-0.05, 0) is 31.0 Å². The Balaban J connectivity index is 1.94. The molecule has 1 heterocycles. The molecule has 2 atom stereocenters. The maximum Gasteiger partial charge on any atom is 0.0710 e. The summed E-state index contributed by atoms with van der Waals surface area (Å²) >= 11 is 0. The molecule has 1 aromatic carbocycles. The number of nitrogens with one attached hydrogen (secondary N) is 1. The van der Waals surface area contributed by atoms with Gasteiger partial charge in [0.1, 0.15) is 0 Å². The number of nitrogens with zero attached hydrogens (tertiary/aromatic N) is 1. The molecule has 0 aliphatic carbocycles. The molecule has 0 amide bonds. The summed E-state index contributed by atoms with van der Waals surface area (Å²) in [5, 5.41) is 3.45. The minimum atomic E-state index is 0.404. The second kappa shape index (κ2) is 7.77. The van der Waals surface area contributed by atoms with Crippen molar-refractivity contribution in [1.29, 1.82) is 0 Å². The monoisotopic (exact) mass is 276 g/mol. The highest BCUT2D eigenvalue weighted by molar-refractivity contribution is 5.25. The zero-order chi connectivity index (χ0) is 14.4. The molecule has 3 heteroatoms. The zero-order valence-electron chi connectivity index (χ0n) is 13.1. The number of rotatable bonds is 7. The van der Waals surface area contributed by atoms with E-state index in [2.05, 4.69) is 48.5 Å². The predicted octanol–water partition coefficient (Wildman–Crippen LogP) is 2.62. The van der Waals surface area contributed by atoms with Crippen LogP contribution in [0.15, 0.2) is 24.3 Å². The summed E-state index contributed by atoms with van der Waals surface area (Å²) in [7, 11) is 3.87. The van der Waals surface area contributed by atoms with Gasteiger partial charge in [0.25, 0.3) is 0 Å². The molecule has 1 N–H and O–H groups in total. The lowest BCUT2D eigenvalue weighted by Gasteiger charge is -2.24. The first-order valence-corrected chi connectivity index (χ1v) is 7.78. The summed E-state index contributed by atoms with van der Waals surface area (Å²) in [6, 6.07) is 9.49. The molecule has 0 spiro atoms. The van der Waals surface area contributed by atoms with Crippen molar-refractivity contribution in [2.45, 2.75) is 38.3 Å². The molecular weight excluding hydrogens is 248 g/mol. The van der Waals surface area contributed by atoms with E-state index in [0.717, 1.165) is 26.1 Å². The first-order chi connectivity index (χ1) is 9.76. The first-order valence-electron chi connectivity index (χ1n) is 7.78. The van der Waals surface area contributed by atoms with E-state index in [1.165, 1.54) is 24.0 Å². The van der Waals surface area contributed by atoms with Crippen LogP contribution in [0, 0.1) is 0 Å². The van der Waals surface area contributed by atoms with Crippen molar-refractivity contribution in [2.75, 3.05) is 33.8 Å². The van der Waals surface area contributed by atoms with Crippen LogP contribution in [0.1, 0.15) is 36.9 Å². The Bertz CT molecular complexity index is 390. The topological polar surface area (TPSA) is 24.5 Å². The van der Waals surface area contributed by atoms with Crippen molar-refractivity contribution in [3.8, 4) is 0 Å². The Labute approximate surface area is 123 Å². The van der Waals surface area contributed by atoms with Gasteiger partial charge in [0.15, 0.2) is 0 Å². The molecule has 0 bridgehead atoms. The van der Waals surface area contributed by atoms with Gasteiger partial charge in [-0.15, -0.1) is 0 Å². The number of likely N-dealkylation sites (tertiary alicyclic amines) is 1. The Kier molecular flexibility index (Phi) is 6.02. The molecule has 1 saturated heterocycles. The number of methoxy groups -OCH3 is 1. The van der Waals surface area contributed by atoms with Crippen LogP contribution in [-0.4, -0.2) is 44.8 Å². The fourth-order valence-electron chi connectivity index (χ4n) is 2.98. The van der Waals surface area contributed by atoms with Crippen molar-refractivity contribution in [1.82, 2.24) is 10.2 Å². The van der Waals surface area contributed by atoms with E-state index >= 15 is 0 Å². The minimum Gasteiger partial charge on any atom is -0.380 e. The van der Waals surface area contributed by atoms with Crippen LogP contribution in [-0.2, 0) is 11.2 Å². The highest BCUT2D eigenvalue weighted by Crippen LogP contribution is 2.19. The fraction of sp³-hybridized carbons (Fsp3) is 0.647. The van der Waals surface area contributed by atoms with Gasteiger partial charge >= 0.3 is 0 Å². The van der Waals surface area contributed by atoms with Gasteiger partial charge in [-0.3, -0.25) is 4.90 Å². The van der Waals surface area contributed by atoms with Crippen LogP contribution in [0.4, 0.5) is 0 Å². The summed E-state index contributed by atoms with van der Waals surface area (Å²) in [6.07, 6.45) is 3.95. The van der Waals surface area contributed by atoms with Gasteiger partial charge in [-0.25, -0.2) is 0 Å². The molecule has 112 valence electrons. The van der Waals surface area contributed by atoms with Crippen molar-refractivity contribution in [3.63, 3.8) is 0 Å². The quantitative estimate of drug-likeness (QED) is 0.828. The Hall–Kier alpha value is -0.900. The number of benzene rings is 1. The molecule has 20 heavy (non-hydrogen) atoms. The molecule has 1 aliphatic rings. The van der Waals surface area contributed by atoms with E-state index in [0.29, 0.717) is 12.1 Å². The SMILES string of the molecule is CCCc1ccc(C(CN2CCC(OC)C2)NC)cc1. The van der Waals surface area contributed by atoms with Crippen LogP contribution in [0.2, 0.25) is 0 Å². The van der Waals surface area contributed by atoms with E-state index in [1.54, 1.807) is 0 Å². The molecule has 0 radical (unpaired) electrons. The normalized spacial score (nSPS) is 21.2. The fourth-order valence-corrected chi connectivity index (χ4v) is 2.98. The molecule has 2 unspecified atom stereocenters. The Morgan fingerprint density at radius 2 is 2.10 bits per heavy atom. The van der Waals surface area contributed by atoms with Crippen molar-refractivity contribution < 1.29 is 4.74 Å². The molecule has 1 aliphatic heterocycles. The lowest BCUT2D eigenvalue weighted by molar-refractivity contribution is 0.107. The van der Waals surface area contributed by atoms with E-state index in [9.17, 15) is 0 Å². The molecule has 1 fully saturated rings. The number of ether oxygens (including phenoxy) is 1. The molecule has 0 saturated carbocycles. The Morgan fingerprint density at radius 1 is 1.35 bits per heavy atom. The highest BCUT2D eigenvalue weighted by Gasteiger charge is 2.24. The van der Waals surface area contributed by atoms with Crippen molar-refractivity contribution in [3.05, 3.63) is 35.4 Å². The minimum absolute atomic E-state index is 0.404. The van der Waals surface area contributed by atoms with E-state index in [1.807, 2.05) is 7.11 Å². The molecular formula is C17H28N2O. The first kappa shape index (κ1) is 15.5. The second-order valence-corrected chi connectivity index (χ2v) is 5.74. The van der Waals surface area contributed by atoms with Gasteiger partial charge in [0.05, 0.1) is 6.10 Å². The van der Waals surface area contributed by atoms with Crippen LogP contribution in [0.5, 0.6) is 0 Å². The van der Waals surface area contributed by atoms with E-state index in [4.69, 9.17) is 4.74 Å².